The van der Waals surface area contributed by atoms with Gasteiger partial charge in [-0.3, -0.25) is 4.79 Å². The summed E-state index contributed by atoms with van der Waals surface area (Å²) < 4.78 is 26.6. The molecule has 3 heteroatoms. The molecule has 104 valence electrons. The maximum Gasteiger partial charge on any atom is 0.303 e. The van der Waals surface area contributed by atoms with Crippen molar-refractivity contribution in [3.05, 3.63) is 48.0 Å². The van der Waals surface area contributed by atoms with Gasteiger partial charge in [0, 0.05) is 25.5 Å². The predicted molar refractivity (Wildman–Crippen MR) is 82.9 cm³/mol. The van der Waals surface area contributed by atoms with E-state index in [9.17, 15) is 4.79 Å². The molecule has 2 nitrogen and oxygen atoms in total. The highest BCUT2D eigenvalue weighted by Crippen LogP contribution is 2.22. The van der Waals surface area contributed by atoms with Crippen LogP contribution in [0.15, 0.2) is 42.5 Å². The van der Waals surface area contributed by atoms with Crippen molar-refractivity contribution >= 4 is 14.0 Å². The molecule has 19 heavy (non-hydrogen) atoms. The molecule has 0 fully saturated rings. The van der Waals surface area contributed by atoms with Gasteiger partial charge in [0.25, 0.3) is 0 Å². The van der Waals surface area contributed by atoms with E-state index in [0.29, 0.717) is 6.42 Å². The molecule has 0 aliphatic rings. The van der Waals surface area contributed by atoms with Gasteiger partial charge in [0.2, 0.25) is 0 Å². The highest BCUT2D eigenvalue weighted by molar-refractivity contribution is 6.76. The lowest BCUT2D eigenvalue weighted by atomic mass is 10.1. The Kier molecular flexibility index (Phi) is 4.40. The van der Waals surface area contributed by atoms with Crippen LogP contribution >= 0.6 is 0 Å². The standard InChI is InChI=1S/C16H24O2Si/c1-14(17)18-16(15-10-6-5-7-11-15)12-8-9-13-19(2,3)4/h5-11,16H,12-13H2,1-4H3/b9-8-/i1D3. The minimum Gasteiger partial charge on any atom is -0.457 e. The number of hydrogen-bond donors (Lipinski definition) is 0. The SMILES string of the molecule is [2H]C([2H])([2H])C(=O)OC(C/C=C\C[Si](C)(C)C)c1ccccc1. The molecule has 0 spiro atoms. The van der Waals surface area contributed by atoms with Gasteiger partial charge in [0.05, 0.1) is 0 Å². The zero-order chi connectivity index (χ0) is 16.8. The van der Waals surface area contributed by atoms with E-state index in [4.69, 9.17) is 8.85 Å². The number of carbonyl (C=O) groups excluding carboxylic acids is 1. The lowest BCUT2D eigenvalue weighted by Gasteiger charge is -2.16. The van der Waals surface area contributed by atoms with Crippen LogP contribution in [0.3, 0.4) is 0 Å². The summed E-state index contributed by atoms with van der Waals surface area (Å²) in [4.78, 5) is 11.6. The molecule has 0 aliphatic carbocycles. The smallest absolute Gasteiger partial charge is 0.303 e. The molecule has 0 heterocycles. The van der Waals surface area contributed by atoms with E-state index in [2.05, 4.69) is 25.7 Å². The Morgan fingerprint density at radius 3 is 2.58 bits per heavy atom. The second-order valence-corrected chi connectivity index (χ2v) is 11.3. The van der Waals surface area contributed by atoms with Crippen LogP contribution in [-0.4, -0.2) is 14.0 Å². The number of benzene rings is 1. The second kappa shape index (κ2) is 7.29. The van der Waals surface area contributed by atoms with Crippen molar-refractivity contribution in [3.63, 3.8) is 0 Å². The third-order valence-corrected chi connectivity index (χ3v) is 4.13. The maximum absolute atomic E-state index is 11.6. The highest BCUT2D eigenvalue weighted by atomic mass is 28.3. The average Bonchev–Trinajstić information content (AvgIpc) is 2.40. The summed E-state index contributed by atoms with van der Waals surface area (Å²) in [6.07, 6.45) is 4.00. The van der Waals surface area contributed by atoms with Gasteiger partial charge in [0.1, 0.15) is 6.10 Å². The first-order valence-electron chi connectivity index (χ1n) is 8.00. The number of rotatable bonds is 6. The van der Waals surface area contributed by atoms with Gasteiger partial charge in [-0.25, -0.2) is 0 Å². The van der Waals surface area contributed by atoms with Gasteiger partial charge >= 0.3 is 5.97 Å². The summed E-state index contributed by atoms with van der Waals surface area (Å²) in [7, 11) is -1.15. The van der Waals surface area contributed by atoms with Gasteiger partial charge in [-0.05, 0) is 11.6 Å². The lowest BCUT2D eigenvalue weighted by molar-refractivity contribution is -0.146. The van der Waals surface area contributed by atoms with E-state index in [1.54, 1.807) is 0 Å². The van der Waals surface area contributed by atoms with Crippen LogP contribution in [-0.2, 0) is 9.53 Å². The third-order valence-electron chi connectivity index (χ3n) is 2.67. The number of allylic oxidation sites excluding steroid dienone is 1. The van der Waals surface area contributed by atoms with Crippen LogP contribution in [0.1, 0.15) is 29.1 Å². The van der Waals surface area contributed by atoms with Crippen molar-refractivity contribution in [2.45, 2.75) is 45.1 Å². The molecular formula is C16H24O2Si. The molecule has 1 rings (SSSR count). The topological polar surface area (TPSA) is 26.3 Å². The largest absolute Gasteiger partial charge is 0.457 e. The van der Waals surface area contributed by atoms with Crippen LogP contribution in [0, 0.1) is 0 Å². The molecular weight excluding hydrogens is 252 g/mol. The first-order valence-corrected chi connectivity index (χ1v) is 10.2. The molecule has 0 bridgehead atoms. The van der Waals surface area contributed by atoms with Crippen molar-refractivity contribution < 1.29 is 13.6 Å². The lowest BCUT2D eigenvalue weighted by Crippen LogP contribution is -2.17. The normalized spacial score (nSPS) is 16.5. The van der Waals surface area contributed by atoms with Crippen LogP contribution in [0.2, 0.25) is 25.7 Å². The van der Waals surface area contributed by atoms with Gasteiger partial charge in [0.15, 0.2) is 0 Å². The van der Waals surface area contributed by atoms with E-state index >= 15 is 0 Å². The number of esters is 1. The number of carbonyl (C=O) groups is 1. The highest BCUT2D eigenvalue weighted by Gasteiger charge is 2.13. The summed E-state index contributed by atoms with van der Waals surface area (Å²) in [6, 6.07) is 10.3. The number of ether oxygens (including phenoxy) is 1. The Labute approximate surface area is 121 Å². The molecule has 0 aliphatic heterocycles. The maximum atomic E-state index is 11.6. The summed E-state index contributed by atoms with van der Waals surface area (Å²) in [5.74, 6) is -1.15. The molecule has 1 aromatic rings. The van der Waals surface area contributed by atoms with Crippen LogP contribution in [0.25, 0.3) is 0 Å². The predicted octanol–water partition coefficient (Wildman–Crippen LogP) is 4.58. The van der Waals surface area contributed by atoms with Crippen molar-refractivity contribution in [2.24, 2.45) is 0 Å². The average molecular weight is 279 g/mol. The van der Waals surface area contributed by atoms with Crippen molar-refractivity contribution in [3.8, 4) is 0 Å². The molecule has 1 atom stereocenters. The molecule has 0 N–H and O–H groups in total. The van der Waals surface area contributed by atoms with E-state index in [-0.39, 0.29) is 0 Å². The zero-order valence-electron chi connectivity index (χ0n) is 14.8. The summed E-state index contributed by atoms with van der Waals surface area (Å²) in [6.45, 7) is 4.11. The van der Waals surface area contributed by atoms with E-state index in [0.717, 1.165) is 11.6 Å². The molecule has 1 unspecified atom stereocenters. The Balaban J connectivity index is 2.78. The summed E-state index contributed by atoms with van der Waals surface area (Å²) in [5, 5.41) is 0. The molecule has 0 saturated heterocycles. The monoisotopic (exact) mass is 279 g/mol. The fourth-order valence-corrected chi connectivity index (χ4v) is 2.58. The first-order chi connectivity index (χ1) is 10.1. The third kappa shape index (κ3) is 6.96. The Hall–Kier alpha value is -1.35. The van der Waals surface area contributed by atoms with Crippen LogP contribution in [0.4, 0.5) is 0 Å². The van der Waals surface area contributed by atoms with Crippen LogP contribution < -0.4 is 0 Å². The molecule has 1 aromatic carbocycles. The summed E-state index contributed by atoms with van der Waals surface area (Å²) >= 11 is 0. The van der Waals surface area contributed by atoms with E-state index in [1.165, 1.54) is 0 Å². The van der Waals surface area contributed by atoms with Gasteiger partial charge in [-0.15, -0.1) is 0 Å². The van der Waals surface area contributed by atoms with Gasteiger partial charge in [-0.2, -0.15) is 0 Å². The molecule has 0 amide bonds. The summed E-state index contributed by atoms with van der Waals surface area (Å²) in [5.41, 5.74) is 0.803. The quantitative estimate of drug-likeness (QED) is 0.433. The van der Waals surface area contributed by atoms with Crippen molar-refractivity contribution in [1.29, 1.82) is 0 Å². The van der Waals surface area contributed by atoms with Crippen molar-refractivity contribution in [1.82, 2.24) is 0 Å². The van der Waals surface area contributed by atoms with E-state index in [1.807, 2.05) is 36.4 Å². The Bertz CT molecular complexity index is 504. The second-order valence-electron chi connectivity index (χ2n) is 5.78. The first kappa shape index (κ1) is 11.5. The van der Waals surface area contributed by atoms with Gasteiger partial charge in [-0.1, -0.05) is 62.1 Å². The molecule has 0 aromatic heterocycles. The van der Waals surface area contributed by atoms with E-state index < -0.39 is 27.0 Å². The fraction of sp³-hybridized carbons (Fsp3) is 0.438. The minimum atomic E-state index is -2.73. The minimum absolute atomic E-state index is 0.482. The zero-order valence-corrected chi connectivity index (χ0v) is 12.8. The molecule has 0 saturated carbocycles. The Morgan fingerprint density at radius 1 is 1.32 bits per heavy atom. The van der Waals surface area contributed by atoms with Gasteiger partial charge < -0.3 is 4.74 Å². The Morgan fingerprint density at radius 2 is 2.00 bits per heavy atom. The molecule has 0 radical (unpaired) electrons. The number of hydrogen-bond acceptors (Lipinski definition) is 2. The van der Waals surface area contributed by atoms with Crippen LogP contribution in [0.5, 0.6) is 0 Å². The van der Waals surface area contributed by atoms with Crippen molar-refractivity contribution in [2.75, 3.05) is 0 Å². The fourth-order valence-electron chi connectivity index (χ4n) is 1.71.